The van der Waals surface area contributed by atoms with Crippen molar-refractivity contribution in [2.24, 2.45) is 5.92 Å². The summed E-state index contributed by atoms with van der Waals surface area (Å²) in [7, 11) is 0. The highest BCUT2D eigenvalue weighted by Crippen LogP contribution is 2.30. The van der Waals surface area contributed by atoms with E-state index in [1.54, 1.807) is 0 Å². The van der Waals surface area contributed by atoms with Crippen molar-refractivity contribution >= 4 is 23.1 Å². The fraction of sp³-hybridized carbons (Fsp3) is 0.765. The van der Waals surface area contributed by atoms with Crippen molar-refractivity contribution in [1.82, 2.24) is 15.1 Å². The Labute approximate surface area is 139 Å². The molecule has 5 heteroatoms. The molecule has 2 saturated carbocycles. The van der Waals surface area contributed by atoms with E-state index in [1.807, 2.05) is 12.3 Å². The number of aromatic nitrogens is 2. The topological polar surface area (TPSA) is 41.9 Å². The van der Waals surface area contributed by atoms with E-state index < -0.39 is 0 Å². The Balaban J connectivity index is 1.58. The maximum atomic E-state index is 5.53. The minimum atomic E-state index is 0.514. The fourth-order valence-corrected chi connectivity index (χ4v) is 4.14. The first-order valence-corrected chi connectivity index (χ1v) is 9.26. The molecule has 2 aliphatic rings. The average Bonchev–Trinajstić information content (AvgIpc) is 2.98. The van der Waals surface area contributed by atoms with Gasteiger partial charge in [0.1, 0.15) is 5.82 Å². The van der Waals surface area contributed by atoms with Gasteiger partial charge in [-0.25, -0.2) is 4.68 Å². The molecule has 0 aromatic carbocycles. The highest BCUT2D eigenvalue weighted by molar-refractivity contribution is 7.80. The van der Waals surface area contributed by atoms with Gasteiger partial charge in [-0.2, -0.15) is 5.10 Å². The second-order valence-corrected chi connectivity index (χ2v) is 7.33. The monoisotopic (exact) mass is 320 g/mol. The molecule has 4 nitrogen and oxygen atoms in total. The van der Waals surface area contributed by atoms with Crippen LogP contribution in [-0.2, 0) is 0 Å². The van der Waals surface area contributed by atoms with Crippen molar-refractivity contribution in [2.75, 3.05) is 5.32 Å². The van der Waals surface area contributed by atoms with Gasteiger partial charge in [-0.05, 0) is 43.8 Å². The van der Waals surface area contributed by atoms with Crippen molar-refractivity contribution in [3.8, 4) is 0 Å². The summed E-state index contributed by atoms with van der Waals surface area (Å²) in [6, 6.07) is 3.08. The summed E-state index contributed by atoms with van der Waals surface area (Å²) in [4.78, 5) is 0. The molecule has 122 valence electrons. The van der Waals surface area contributed by atoms with E-state index in [0.29, 0.717) is 18.0 Å². The van der Waals surface area contributed by atoms with Crippen LogP contribution >= 0.6 is 12.2 Å². The van der Waals surface area contributed by atoms with E-state index in [-0.39, 0.29) is 0 Å². The van der Waals surface area contributed by atoms with Gasteiger partial charge in [0.05, 0.1) is 12.2 Å². The minimum absolute atomic E-state index is 0.514. The third kappa shape index (κ3) is 3.80. The maximum absolute atomic E-state index is 5.53. The Bertz CT molecular complexity index is 493. The molecule has 0 unspecified atom stereocenters. The Morgan fingerprint density at radius 3 is 2.64 bits per heavy atom. The van der Waals surface area contributed by atoms with Crippen LogP contribution in [0.3, 0.4) is 0 Å². The van der Waals surface area contributed by atoms with Crippen molar-refractivity contribution in [3.63, 3.8) is 0 Å². The Morgan fingerprint density at radius 1 is 1.14 bits per heavy atom. The molecule has 2 fully saturated rings. The molecule has 1 heterocycles. The van der Waals surface area contributed by atoms with Crippen LogP contribution in [0.2, 0.25) is 0 Å². The number of hydrogen-bond acceptors (Lipinski definition) is 2. The van der Waals surface area contributed by atoms with E-state index in [2.05, 4.69) is 27.3 Å². The summed E-state index contributed by atoms with van der Waals surface area (Å²) in [5.74, 6) is 1.74. The van der Waals surface area contributed by atoms with Crippen molar-refractivity contribution in [3.05, 3.63) is 12.3 Å². The van der Waals surface area contributed by atoms with Crippen molar-refractivity contribution in [2.45, 2.75) is 76.8 Å². The summed E-state index contributed by atoms with van der Waals surface area (Å²) in [5.41, 5.74) is 0. The maximum Gasteiger partial charge on any atom is 0.172 e. The van der Waals surface area contributed by atoms with E-state index >= 15 is 0 Å². The standard InChI is InChI=1S/C17H28N4S/c1-13-7-5-6-10-15(13)19-17(22)20-16-11-12-18-21(16)14-8-3-2-4-9-14/h11-15H,2-10H2,1H3,(H2,19,20,22)/t13-,15+/m1/s1. The Kier molecular flexibility index (Phi) is 5.34. The van der Waals surface area contributed by atoms with Gasteiger partial charge < -0.3 is 10.6 Å². The third-order valence-electron chi connectivity index (χ3n) is 5.26. The van der Waals surface area contributed by atoms with E-state index in [1.165, 1.54) is 57.8 Å². The summed E-state index contributed by atoms with van der Waals surface area (Å²) in [6.45, 7) is 2.33. The minimum Gasteiger partial charge on any atom is -0.359 e. The molecule has 0 aliphatic heterocycles. The van der Waals surface area contributed by atoms with Gasteiger partial charge in [-0.15, -0.1) is 0 Å². The second kappa shape index (κ2) is 7.44. The largest absolute Gasteiger partial charge is 0.359 e. The molecular formula is C17H28N4S. The van der Waals surface area contributed by atoms with Crippen molar-refractivity contribution < 1.29 is 0 Å². The first-order chi connectivity index (χ1) is 10.7. The molecule has 22 heavy (non-hydrogen) atoms. The van der Waals surface area contributed by atoms with E-state index in [4.69, 9.17) is 12.2 Å². The first-order valence-electron chi connectivity index (χ1n) is 8.85. The summed E-state index contributed by atoms with van der Waals surface area (Å²) < 4.78 is 2.14. The summed E-state index contributed by atoms with van der Waals surface area (Å²) >= 11 is 5.53. The van der Waals surface area contributed by atoms with Gasteiger partial charge in [-0.3, -0.25) is 0 Å². The predicted molar refractivity (Wildman–Crippen MR) is 95.1 cm³/mol. The zero-order valence-corrected chi connectivity index (χ0v) is 14.4. The number of rotatable bonds is 3. The zero-order valence-electron chi connectivity index (χ0n) is 13.6. The molecule has 2 N–H and O–H groups in total. The fourth-order valence-electron chi connectivity index (χ4n) is 3.88. The van der Waals surface area contributed by atoms with Crippen LogP contribution in [0.25, 0.3) is 0 Å². The lowest BCUT2D eigenvalue weighted by molar-refractivity contribution is 0.309. The quantitative estimate of drug-likeness (QED) is 0.817. The molecule has 1 aromatic heterocycles. The molecule has 0 saturated heterocycles. The van der Waals surface area contributed by atoms with Gasteiger partial charge in [0.15, 0.2) is 5.11 Å². The van der Waals surface area contributed by atoms with Crippen LogP contribution in [0, 0.1) is 5.92 Å². The van der Waals surface area contributed by atoms with Crippen LogP contribution in [0.5, 0.6) is 0 Å². The van der Waals surface area contributed by atoms with Crippen LogP contribution in [0.1, 0.15) is 70.8 Å². The van der Waals surface area contributed by atoms with E-state index in [0.717, 1.165) is 10.9 Å². The SMILES string of the molecule is C[C@@H]1CCCC[C@@H]1NC(=S)Nc1ccnn1C1CCCCC1. The lowest BCUT2D eigenvalue weighted by Crippen LogP contribution is -2.43. The highest BCUT2D eigenvalue weighted by Gasteiger charge is 2.23. The van der Waals surface area contributed by atoms with Gasteiger partial charge in [0.2, 0.25) is 0 Å². The average molecular weight is 321 g/mol. The normalized spacial score (nSPS) is 26.6. The smallest absolute Gasteiger partial charge is 0.172 e. The highest BCUT2D eigenvalue weighted by atomic mass is 32.1. The Morgan fingerprint density at radius 2 is 1.86 bits per heavy atom. The molecule has 0 amide bonds. The molecule has 0 radical (unpaired) electrons. The number of hydrogen-bond donors (Lipinski definition) is 2. The number of nitrogens with one attached hydrogen (secondary N) is 2. The van der Waals surface area contributed by atoms with Gasteiger partial charge in [0.25, 0.3) is 0 Å². The van der Waals surface area contributed by atoms with Crippen LogP contribution in [-0.4, -0.2) is 20.9 Å². The predicted octanol–water partition coefficient (Wildman–Crippen LogP) is 4.25. The van der Waals surface area contributed by atoms with Gasteiger partial charge in [-0.1, -0.05) is 39.0 Å². The number of anilines is 1. The third-order valence-corrected chi connectivity index (χ3v) is 5.48. The molecule has 3 rings (SSSR count). The van der Waals surface area contributed by atoms with Gasteiger partial charge in [0, 0.05) is 12.1 Å². The molecule has 1 aromatic rings. The Hall–Kier alpha value is -1.10. The van der Waals surface area contributed by atoms with Crippen LogP contribution in [0.4, 0.5) is 5.82 Å². The first kappa shape index (κ1) is 15.8. The van der Waals surface area contributed by atoms with Gasteiger partial charge >= 0.3 is 0 Å². The number of nitrogens with zero attached hydrogens (tertiary/aromatic N) is 2. The molecular weight excluding hydrogens is 292 g/mol. The molecule has 0 spiro atoms. The van der Waals surface area contributed by atoms with Crippen LogP contribution in [0.15, 0.2) is 12.3 Å². The summed E-state index contributed by atoms with van der Waals surface area (Å²) in [6.07, 6.45) is 13.5. The molecule has 0 bridgehead atoms. The lowest BCUT2D eigenvalue weighted by Gasteiger charge is -2.31. The van der Waals surface area contributed by atoms with Crippen LogP contribution < -0.4 is 10.6 Å². The molecule has 2 aliphatic carbocycles. The van der Waals surface area contributed by atoms with E-state index in [9.17, 15) is 0 Å². The van der Waals surface area contributed by atoms with Crippen molar-refractivity contribution in [1.29, 1.82) is 0 Å². The number of thiocarbonyl (C=S) groups is 1. The zero-order chi connectivity index (χ0) is 15.4. The lowest BCUT2D eigenvalue weighted by atomic mass is 9.86. The molecule has 2 atom stereocenters. The summed E-state index contributed by atoms with van der Waals surface area (Å²) in [5, 5.41) is 12.2. The second-order valence-electron chi connectivity index (χ2n) is 6.92.